The van der Waals surface area contributed by atoms with Crippen molar-refractivity contribution < 1.29 is 23.8 Å². The molecule has 0 radical (unpaired) electrons. The van der Waals surface area contributed by atoms with Gasteiger partial charge in [-0.3, -0.25) is 9.59 Å². The lowest BCUT2D eigenvalue weighted by Crippen LogP contribution is -2.48. The van der Waals surface area contributed by atoms with Crippen LogP contribution in [-0.4, -0.2) is 63.7 Å². The Morgan fingerprint density at radius 3 is 2.20 bits per heavy atom. The van der Waals surface area contributed by atoms with E-state index >= 15 is 0 Å². The Bertz CT molecular complexity index is 877. The normalized spacial score (nSPS) is 13.6. The van der Waals surface area contributed by atoms with Crippen LogP contribution >= 0.6 is 0 Å². The summed E-state index contributed by atoms with van der Waals surface area (Å²) in [5.74, 6) is 1.59. The van der Waals surface area contributed by atoms with Gasteiger partial charge in [-0.05, 0) is 36.4 Å². The number of carbonyl (C=O) groups is 2. The molecule has 8 heteroatoms. The summed E-state index contributed by atoms with van der Waals surface area (Å²) in [6.07, 6.45) is 0. The summed E-state index contributed by atoms with van der Waals surface area (Å²) in [6.45, 7) is 4.53. The second-order valence-corrected chi connectivity index (χ2v) is 6.89. The predicted octanol–water partition coefficient (Wildman–Crippen LogP) is 2.39. The SMILES string of the molecule is COc1ccc(NC(=O)COc2ccc(N3CCN(C(C)=O)CC3)cc2)c(OC)c1. The molecule has 3 rings (SSSR count). The Labute approximate surface area is 176 Å². The van der Waals surface area contributed by atoms with Gasteiger partial charge >= 0.3 is 0 Å². The largest absolute Gasteiger partial charge is 0.497 e. The molecule has 0 bridgehead atoms. The number of nitrogens with one attached hydrogen (secondary N) is 1. The van der Waals surface area contributed by atoms with E-state index in [9.17, 15) is 9.59 Å². The topological polar surface area (TPSA) is 80.3 Å². The summed E-state index contributed by atoms with van der Waals surface area (Å²) in [4.78, 5) is 27.8. The Morgan fingerprint density at radius 1 is 0.933 bits per heavy atom. The van der Waals surface area contributed by atoms with Gasteiger partial charge in [-0.25, -0.2) is 0 Å². The third-order valence-electron chi connectivity index (χ3n) is 4.98. The molecule has 30 heavy (non-hydrogen) atoms. The van der Waals surface area contributed by atoms with Gasteiger partial charge in [0, 0.05) is 44.9 Å². The minimum atomic E-state index is -0.289. The molecule has 1 aliphatic heterocycles. The molecular weight excluding hydrogens is 386 g/mol. The number of methoxy groups -OCH3 is 2. The predicted molar refractivity (Wildman–Crippen MR) is 115 cm³/mol. The van der Waals surface area contributed by atoms with Crippen molar-refractivity contribution in [2.75, 3.05) is 57.2 Å². The van der Waals surface area contributed by atoms with Gasteiger partial charge in [-0.15, -0.1) is 0 Å². The fourth-order valence-electron chi connectivity index (χ4n) is 3.27. The van der Waals surface area contributed by atoms with Crippen LogP contribution in [0.15, 0.2) is 42.5 Å². The number of hydrogen-bond acceptors (Lipinski definition) is 6. The molecule has 2 aromatic carbocycles. The molecule has 2 aromatic rings. The van der Waals surface area contributed by atoms with E-state index < -0.39 is 0 Å². The zero-order chi connectivity index (χ0) is 21.5. The molecule has 0 saturated carbocycles. The highest BCUT2D eigenvalue weighted by Crippen LogP contribution is 2.29. The highest BCUT2D eigenvalue weighted by molar-refractivity contribution is 5.93. The summed E-state index contributed by atoms with van der Waals surface area (Å²) < 4.78 is 16.0. The van der Waals surface area contributed by atoms with Gasteiger partial charge in [-0.2, -0.15) is 0 Å². The van der Waals surface area contributed by atoms with Crippen molar-refractivity contribution in [3.63, 3.8) is 0 Å². The van der Waals surface area contributed by atoms with E-state index in [1.165, 1.54) is 7.11 Å². The van der Waals surface area contributed by atoms with Crippen molar-refractivity contribution in [1.82, 2.24) is 4.90 Å². The number of piperazine rings is 1. The average molecular weight is 413 g/mol. The van der Waals surface area contributed by atoms with E-state index in [4.69, 9.17) is 14.2 Å². The summed E-state index contributed by atoms with van der Waals surface area (Å²) in [5, 5.41) is 2.77. The Balaban J connectivity index is 1.50. The first kappa shape index (κ1) is 21.3. The fraction of sp³-hybridized carbons (Fsp3) is 0.364. The molecule has 8 nitrogen and oxygen atoms in total. The van der Waals surface area contributed by atoms with Crippen LogP contribution in [0.4, 0.5) is 11.4 Å². The first-order valence-electron chi connectivity index (χ1n) is 9.75. The standard InChI is InChI=1S/C22H27N3O5/c1-16(26)24-10-12-25(13-11-24)17-4-6-18(7-5-17)30-15-22(27)23-20-9-8-19(28-2)14-21(20)29-3/h4-9,14H,10-13,15H2,1-3H3,(H,23,27). The lowest BCUT2D eigenvalue weighted by Gasteiger charge is -2.35. The summed E-state index contributed by atoms with van der Waals surface area (Å²) >= 11 is 0. The molecule has 0 aliphatic carbocycles. The van der Waals surface area contributed by atoms with Crippen LogP contribution in [0, 0.1) is 0 Å². The molecule has 0 unspecified atom stereocenters. The number of amides is 2. The number of anilines is 2. The van der Waals surface area contributed by atoms with Crippen LogP contribution in [0.3, 0.4) is 0 Å². The summed E-state index contributed by atoms with van der Waals surface area (Å²) in [5.41, 5.74) is 1.62. The number of nitrogens with zero attached hydrogens (tertiary/aromatic N) is 2. The molecule has 1 saturated heterocycles. The van der Waals surface area contributed by atoms with Crippen LogP contribution in [0.5, 0.6) is 17.2 Å². The molecule has 0 spiro atoms. The molecular formula is C22H27N3O5. The van der Waals surface area contributed by atoms with Crippen LogP contribution < -0.4 is 24.4 Å². The Kier molecular flexibility index (Phi) is 7.00. The van der Waals surface area contributed by atoms with E-state index in [1.807, 2.05) is 29.2 Å². The minimum Gasteiger partial charge on any atom is -0.497 e. The number of benzene rings is 2. The second-order valence-electron chi connectivity index (χ2n) is 6.89. The smallest absolute Gasteiger partial charge is 0.262 e. The van der Waals surface area contributed by atoms with Crippen molar-refractivity contribution in [2.24, 2.45) is 0 Å². The molecule has 1 aliphatic rings. The highest BCUT2D eigenvalue weighted by atomic mass is 16.5. The first-order valence-corrected chi connectivity index (χ1v) is 9.75. The van der Waals surface area contributed by atoms with Gasteiger partial charge in [-0.1, -0.05) is 0 Å². The maximum Gasteiger partial charge on any atom is 0.262 e. The highest BCUT2D eigenvalue weighted by Gasteiger charge is 2.18. The number of ether oxygens (including phenoxy) is 3. The maximum atomic E-state index is 12.2. The van der Waals surface area contributed by atoms with E-state index in [0.717, 1.165) is 31.9 Å². The Hall–Kier alpha value is -3.42. The van der Waals surface area contributed by atoms with Crippen molar-refractivity contribution in [3.8, 4) is 17.2 Å². The average Bonchev–Trinajstić information content (AvgIpc) is 2.78. The van der Waals surface area contributed by atoms with Crippen LogP contribution in [0.1, 0.15) is 6.92 Å². The summed E-state index contributed by atoms with van der Waals surface area (Å²) in [6, 6.07) is 12.8. The zero-order valence-corrected chi connectivity index (χ0v) is 17.5. The molecule has 0 aromatic heterocycles. The fourth-order valence-corrected chi connectivity index (χ4v) is 3.27. The minimum absolute atomic E-state index is 0.115. The lowest BCUT2D eigenvalue weighted by atomic mass is 10.2. The molecule has 1 fully saturated rings. The molecule has 0 atom stereocenters. The zero-order valence-electron chi connectivity index (χ0n) is 17.5. The number of carbonyl (C=O) groups excluding carboxylic acids is 2. The molecule has 1 heterocycles. The number of rotatable bonds is 7. The van der Waals surface area contributed by atoms with Crippen molar-refractivity contribution >= 4 is 23.2 Å². The third kappa shape index (κ3) is 5.34. The molecule has 2 amide bonds. The van der Waals surface area contributed by atoms with E-state index in [1.54, 1.807) is 32.2 Å². The molecule has 160 valence electrons. The van der Waals surface area contributed by atoms with E-state index in [-0.39, 0.29) is 18.4 Å². The van der Waals surface area contributed by atoms with Gasteiger partial charge < -0.3 is 29.3 Å². The second kappa shape index (κ2) is 9.87. The van der Waals surface area contributed by atoms with Gasteiger partial charge in [0.1, 0.15) is 17.2 Å². The third-order valence-corrected chi connectivity index (χ3v) is 4.98. The van der Waals surface area contributed by atoms with Gasteiger partial charge in [0.15, 0.2) is 6.61 Å². The molecule has 1 N–H and O–H groups in total. The van der Waals surface area contributed by atoms with Gasteiger partial charge in [0.25, 0.3) is 5.91 Å². The maximum absolute atomic E-state index is 12.2. The summed E-state index contributed by atoms with van der Waals surface area (Å²) in [7, 11) is 3.10. The van der Waals surface area contributed by atoms with Crippen molar-refractivity contribution in [1.29, 1.82) is 0 Å². The monoisotopic (exact) mass is 413 g/mol. The van der Waals surface area contributed by atoms with E-state index in [2.05, 4.69) is 10.2 Å². The van der Waals surface area contributed by atoms with Gasteiger partial charge in [0.05, 0.1) is 19.9 Å². The van der Waals surface area contributed by atoms with E-state index in [0.29, 0.717) is 22.9 Å². The quantitative estimate of drug-likeness (QED) is 0.751. The Morgan fingerprint density at radius 2 is 1.60 bits per heavy atom. The van der Waals surface area contributed by atoms with Crippen LogP contribution in [0.25, 0.3) is 0 Å². The van der Waals surface area contributed by atoms with Crippen molar-refractivity contribution in [2.45, 2.75) is 6.92 Å². The van der Waals surface area contributed by atoms with Crippen LogP contribution in [-0.2, 0) is 9.59 Å². The van der Waals surface area contributed by atoms with Crippen LogP contribution in [0.2, 0.25) is 0 Å². The number of hydrogen-bond donors (Lipinski definition) is 1. The lowest BCUT2D eigenvalue weighted by molar-refractivity contribution is -0.129. The van der Waals surface area contributed by atoms with Gasteiger partial charge in [0.2, 0.25) is 5.91 Å². The first-order chi connectivity index (χ1) is 14.5. The van der Waals surface area contributed by atoms with Crippen molar-refractivity contribution in [3.05, 3.63) is 42.5 Å².